The van der Waals surface area contributed by atoms with E-state index in [0.29, 0.717) is 0 Å². The zero-order chi connectivity index (χ0) is 11.3. The molecule has 0 N–H and O–H groups in total. The zero-order valence-corrected chi connectivity index (χ0v) is 9.91. The van der Waals surface area contributed by atoms with E-state index >= 15 is 0 Å². The van der Waals surface area contributed by atoms with Gasteiger partial charge in [0.2, 0.25) is 0 Å². The van der Waals surface area contributed by atoms with E-state index in [2.05, 4.69) is 20.7 Å². The molecule has 0 fully saturated rings. The summed E-state index contributed by atoms with van der Waals surface area (Å²) in [6, 6.07) is 7.42. The second-order valence-electron chi connectivity index (χ2n) is 3.09. The molecule has 1 aromatic carbocycles. The highest BCUT2D eigenvalue weighted by Crippen LogP contribution is 2.11. The summed E-state index contributed by atoms with van der Waals surface area (Å²) in [5.74, 6) is -0.624. The molecule has 0 aliphatic heterocycles. The third-order valence-corrected chi connectivity index (χ3v) is 2.41. The van der Waals surface area contributed by atoms with Gasteiger partial charge < -0.3 is 4.74 Å². The van der Waals surface area contributed by atoms with Crippen molar-refractivity contribution in [2.24, 2.45) is 0 Å². The number of hydrogen-bond acceptors (Lipinski definition) is 3. The fourth-order valence-corrected chi connectivity index (χ4v) is 1.39. The van der Waals surface area contributed by atoms with Gasteiger partial charge >= 0.3 is 5.97 Å². The van der Waals surface area contributed by atoms with Gasteiger partial charge in [0.25, 0.3) is 0 Å². The van der Waals surface area contributed by atoms with Crippen LogP contribution >= 0.6 is 15.9 Å². The molecule has 0 heterocycles. The standard InChI is InChI=1S/C11H11BrO3/c1-15-11(14)7-10(13)6-8-2-4-9(12)5-3-8/h2-5H,6-7H2,1H3. The number of carbonyl (C=O) groups excluding carboxylic acids is 2. The maximum Gasteiger partial charge on any atom is 0.313 e. The molecular weight excluding hydrogens is 260 g/mol. The van der Waals surface area contributed by atoms with E-state index in [9.17, 15) is 9.59 Å². The summed E-state index contributed by atoms with van der Waals surface area (Å²) < 4.78 is 5.37. The maximum atomic E-state index is 11.4. The van der Waals surface area contributed by atoms with Crippen LogP contribution in [-0.4, -0.2) is 18.9 Å². The minimum absolute atomic E-state index is 0.135. The van der Waals surface area contributed by atoms with Crippen molar-refractivity contribution in [1.82, 2.24) is 0 Å². The number of Topliss-reactive ketones (excluding diaryl/α,β-unsaturated/α-hetero) is 1. The molecule has 0 saturated heterocycles. The van der Waals surface area contributed by atoms with Crippen LogP contribution < -0.4 is 0 Å². The SMILES string of the molecule is COC(=O)CC(=O)Cc1ccc(Br)cc1. The van der Waals surface area contributed by atoms with Gasteiger partial charge in [-0.2, -0.15) is 0 Å². The number of hydrogen-bond donors (Lipinski definition) is 0. The third kappa shape index (κ3) is 4.25. The first kappa shape index (κ1) is 11.9. The highest BCUT2D eigenvalue weighted by molar-refractivity contribution is 9.10. The maximum absolute atomic E-state index is 11.4. The molecule has 1 aromatic rings. The molecule has 0 spiro atoms. The lowest BCUT2D eigenvalue weighted by Crippen LogP contribution is -2.11. The van der Waals surface area contributed by atoms with Gasteiger partial charge in [-0.05, 0) is 17.7 Å². The molecule has 3 nitrogen and oxygen atoms in total. The topological polar surface area (TPSA) is 43.4 Å². The lowest BCUT2D eigenvalue weighted by atomic mass is 10.1. The van der Waals surface area contributed by atoms with Crippen molar-refractivity contribution < 1.29 is 14.3 Å². The molecule has 0 radical (unpaired) electrons. The zero-order valence-electron chi connectivity index (χ0n) is 8.33. The molecule has 0 aromatic heterocycles. The van der Waals surface area contributed by atoms with Gasteiger partial charge in [0.1, 0.15) is 12.2 Å². The van der Waals surface area contributed by atoms with Crippen LogP contribution in [0.1, 0.15) is 12.0 Å². The van der Waals surface area contributed by atoms with Crippen LogP contribution in [-0.2, 0) is 20.7 Å². The van der Waals surface area contributed by atoms with Crippen LogP contribution in [0.5, 0.6) is 0 Å². The number of ketones is 1. The number of halogens is 1. The third-order valence-electron chi connectivity index (χ3n) is 1.88. The second-order valence-corrected chi connectivity index (χ2v) is 4.01. The average Bonchev–Trinajstić information content (AvgIpc) is 2.21. The predicted octanol–water partition coefficient (Wildman–Crippen LogP) is 2.12. The number of benzene rings is 1. The Hall–Kier alpha value is -1.16. The molecular formula is C11H11BrO3. The lowest BCUT2D eigenvalue weighted by molar-refractivity contribution is -0.143. The van der Waals surface area contributed by atoms with Gasteiger partial charge in [-0.15, -0.1) is 0 Å². The number of methoxy groups -OCH3 is 1. The van der Waals surface area contributed by atoms with Crippen molar-refractivity contribution in [1.29, 1.82) is 0 Å². The quantitative estimate of drug-likeness (QED) is 0.622. The highest BCUT2D eigenvalue weighted by Gasteiger charge is 2.09. The van der Waals surface area contributed by atoms with Crippen molar-refractivity contribution >= 4 is 27.7 Å². The molecule has 0 saturated carbocycles. The van der Waals surface area contributed by atoms with E-state index in [4.69, 9.17) is 0 Å². The van der Waals surface area contributed by atoms with Gasteiger partial charge in [-0.1, -0.05) is 28.1 Å². The summed E-state index contributed by atoms with van der Waals surface area (Å²) in [5, 5.41) is 0. The Kier molecular flexibility index (Phi) is 4.49. The van der Waals surface area contributed by atoms with Crippen LogP contribution in [0.25, 0.3) is 0 Å². The number of esters is 1. The Morgan fingerprint density at radius 3 is 2.40 bits per heavy atom. The van der Waals surface area contributed by atoms with Gasteiger partial charge in [0.15, 0.2) is 0 Å². The fraction of sp³-hybridized carbons (Fsp3) is 0.273. The van der Waals surface area contributed by atoms with E-state index in [1.54, 1.807) is 0 Å². The number of rotatable bonds is 4. The molecule has 0 aliphatic rings. The van der Waals surface area contributed by atoms with Crippen LogP contribution in [0, 0.1) is 0 Å². The van der Waals surface area contributed by atoms with E-state index in [1.165, 1.54) is 7.11 Å². The van der Waals surface area contributed by atoms with E-state index < -0.39 is 5.97 Å². The van der Waals surface area contributed by atoms with Crippen LogP contribution in [0.15, 0.2) is 28.7 Å². The van der Waals surface area contributed by atoms with E-state index in [0.717, 1.165) is 10.0 Å². The van der Waals surface area contributed by atoms with Gasteiger partial charge in [0, 0.05) is 10.9 Å². The molecule has 80 valence electrons. The average molecular weight is 271 g/mol. The Bertz CT molecular complexity index is 357. The summed E-state index contributed by atoms with van der Waals surface area (Å²) in [6.07, 6.45) is 0.106. The fourth-order valence-electron chi connectivity index (χ4n) is 1.13. The van der Waals surface area contributed by atoms with Gasteiger partial charge in [-0.3, -0.25) is 9.59 Å². The predicted molar refractivity (Wildman–Crippen MR) is 59.5 cm³/mol. The van der Waals surface area contributed by atoms with E-state index in [-0.39, 0.29) is 18.6 Å². The Morgan fingerprint density at radius 2 is 1.87 bits per heavy atom. The molecule has 0 unspecified atom stereocenters. The Labute approximate surface area is 96.6 Å². The van der Waals surface area contributed by atoms with Gasteiger partial charge in [-0.25, -0.2) is 0 Å². The summed E-state index contributed by atoms with van der Waals surface area (Å²) in [5.41, 5.74) is 0.895. The van der Waals surface area contributed by atoms with Crippen molar-refractivity contribution in [2.75, 3.05) is 7.11 Å². The number of carbonyl (C=O) groups is 2. The molecule has 0 amide bonds. The van der Waals surface area contributed by atoms with Crippen LogP contribution in [0.2, 0.25) is 0 Å². The minimum atomic E-state index is -0.489. The molecule has 0 aliphatic carbocycles. The molecule has 4 heteroatoms. The molecule has 0 bridgehead atoms. The summed E-state index contributed by atoms with van der Waals surface area (Å²) >= 11 is 3.30. The normalized spacial score (nSPS) is 9.73. The summed E-state index contributed by atoms with van der Waals surface area (Å²) in [6.45, 7) is 0. The van der Waals surface area contributed by atoms with Gasteiger partial charge in [0.05, 0.1) is 7.11 Å². The summed E-state index contributed by atoms with van der Waals surface area (Å²) in [4.78, 5) is 22.2. The van der Waals surface area contributed by atoms with Crippen molar-refractivity contribution in [2.45, 2.75) is 12.8 Å². The first-order valence-electron chi connectivity index (χ1n) is 4.45. The Morgan fingerprint density at radius 1 is 1.27 bits per heavy atom. The largest absolute Gasteiger partial charge is 0.469 e. The number of ether oxygens (including phenoxy) is 1. The molecule has 1 rings (SSSR count). The van der Waals surface area contributed by atoms with Crippen LogP contribution in [0.4, 0.5) is 0 Å². The second kappa shape index (κ2) is 5.66. The van der Waals surface area contributed by atoms with Crippen molar-refractivity contribution in [3.8, 4) is 0 Å². The highest BCUT2D eigenvalue weighted by atomic mass is 79.9. The minimum Gasteiger partial charge on any atom is -0.469 e. The van der Waals surface area contributed by atoms with Crippen LogP contribution in [0.3, 0.4) is 0 Å². The lowest BCUT2D eigenvalue weighted by Gasteiger charge is -2.00. The van der Waals surface area contributed by atoms with E-state index in [1.807, 2.05) is 24.3 Å². The first-order valence-corrected chi connectivity index (χ1v) is 5.24. The first-order chi connectivity index (χ1) is 7.11. The van der Waals surface area contributed by atoms with Crippen molar-refractivity contribution in [3.63, 3.8) is 0 Å². The monoisotopic (exact) mass is 270 g/mol. The summed E-state index contributed by atoms with van der Waals surface area (Å²) in [7, 11) is 1.27. The molecule has 15 heavy (non-hydrogen) atoms. The smallest absolute Gasteiger partial charge is 0.313 e. The Balaban J connectivity index is 2.51. The molecule has 0 atom stereocenters. The van der Waals surface area contributed by atoms with Crippen molar-refractivity contribution in [3.05, 3.63) is 34.3 Å².